The SMILES string of the molecule is CCC(NCCCCC(C)C)c1ccc(OC)cc1. The van der Waals surface area contributed by atoms with Crippen molar-refractivity contribution in [2.24, 2.45) is 5.92 Å². The van der Waals surface area contributed by atoms with E-state index in [4.69, 9.17) is 4.74 Å². The molecule has 0 aromatic heterocycles. The molecule has 1 aromatic carbocycles. The topological polar surface area (TPSA) is 21.3 Å². The van der Waals surface area contributed by atoms with Crippen molar-refractivity contribution in [3.05, 3.63) is 29.8 Å². The average Bonchev–Trinajstić information content (AvgIpc) is 2.43. The van der Waals surface area contributed by atoms with Crippen molar-refractivity contribution >= 4 is 0 Å². The number of nitrogens with one attached hydrogen (secondary N) is 1. The number of benzene rings is 1. The van der Waals surface area contributed by atoms with Crippen molar-refractivity contribution in [2.45, 2.75) is 52.5 Å². The minimum Gasteiger partial charge on any atom is -0.497 e. The molecule has 0 heterocycles. The fourth-order valence-electron chi connectivity index (χ4n) is 2.29. The van der Waals surface area contributed by atoms with E-state index in [9.17, 15) is 0 Å². The van der Waals surface area contributed by atoms with E-state index in [1.807, 2.05) is 12.1 Å². The number of rotatable bonds is 9. The normalized spacial score (nSPS) is 12.7. The van der Waals surface area contributed by atoms with Gasteiger partial charge in [0.05, 0.1) is 7.11 Å². The third-order valence-electron chi connectivity index (χ3n) is 3.53. The van der Waals surface area contributed by atoms with E-state index in [-0.39, 0.29) is 0 Å². The van der Waals surface area contributed by atoms with Crippen LogP contribution in [-0.2, 0) is 0 Å². The lowest BCUT2D eigenvalue weighted by Crippen LogP contribution is -2.21. The van der Waals surface area contributed by atoms with Crippen molar-refractivity contribution in [3.8, 4) is 5.75 Å². The molecular weight excluding hydrogens is 234 g/mol. The van der Waals surface area contributed by atoms with Crippen LogP contribution in [0.15, 0.2) is 24.3 Å². The van der Waals surface area contributed by atoms with Gasteiger partial charge in [0, 0.05) is 6.04 Å². The Labute approximate surface area is 118 Å². The molecular formula is C17H29NO. The molecule has 0 aliphatic heterocycles. The van der Waals surface area contributed by atoms with Gasteiger partial charge in [0.1, 0.15) is 5.75 Å². The number of hydrogen-bond donors (Lipinski definition) is 1. The number of methoxy groups -OCH3 is 1. The Morgan fingerprint density at radius 2 is 1.79 bits per heavy atom. The molecule has 1 unspecified atom stereocenters. The summed E-state index contributed by atoms with van der Waals surface area (Å²) in [6.07, 6.45) is 5.05. The summed E-state index contributed by atoms with van der Waals surface area (Å²) < 4.78 is 5.20. The maximum atomic E-state index is 5.20. The lowest BCUT2D eigenvalue weighted by Gasteiger charge is -2.18. The lowest BCUT2D eigenvalue weighted by molar-refractivity contribution is 0.414. The predicted octanol–water partition coefficient (Wildman–Crippen LogP) is 4.56. The van der Waals surface area contributed by atoms with E-state index < -0.39 is 0 Å². The first-order valence-corrected chi connectivity index (χ1v) is 7.54. The van der Waals surface area contributed by atoms with Gasteiger partial charge in [-0.3, -0.25) is 0 Å². The molecule has 1 N–H and O–H groups in total. The molecule has 0 radical (unpaired) electrons. The van der Waals surface area contributed by atoms with E-state index in [0.29, 0.717) is 6.04 Å². The van der Waals surface area contributed by atoms with E-state index in [1.54, 1.807) is 7.11 Å². The largest absolute Gasteiger partial charge is 0.497 e. The van der Waals surface area contributed by atoms with Crippen LogP contribution in [0.5, 0.6) is 5.75 Å². The summed E-state index contributed by atoms with van der Waals surface area (Å²) in [7, 11) is 1.71. The van der Waals surface area contributed by atoms with Gasteiger partial charge in [-0.05, 0) is 43.0 Å². The molecule has 0 fully saturated rings. The molecule has 0 aliphatic carbocycles. The second-order valence-electron chi connectivity index (χ2n) is 5.58. The zero-order valence-corrected chi connectivity index (χ0v) is 12.9. The molecule has 108 valence electrons. The number of unbranched alkanes of at least 4 members (excludes halogenated alkanes) is 1. The van der Waals surface area contributed by atoms with Crippen LogP contribution in [0, 0.1) is 5.92 Å². The van der Waals surface area contributed by atoms with Crippen molar-refractivity contribution in [1.29, 1.82) is 0 Å². The van der Waals surface area contributed by atoms with Gasteiger partial charge in [-0.2, -0.15) is 0 Å². The second-order valence-corrected chi connectivity index (χ2v) is 5.58. The molecule has 0 saturated carbocycles. The molecule has 1 atom stereocenters. The van der Waals surface area contributed by atoms with Crippen LogP contribution >= 0.6 is 0 Å². The van der Waals surface area contributed by atoms with E-state index in [2.05, 4.69) is 38.2 Å². The summed E-state index contributed by atoms with van der Waals surface area (Å²) in [6, 6.07) is 8.86. The maximum absolute atomic E-state index is 5.20. The Morgan fingerprint density at radius 1 is 1.11 bits per heavy atom. The van der Waals surface area contributed by atoms with Gasteiger partial charge < -0.3 is 10.1 Å². The minimum absolute atomic E-state index is 0.463. The fourth-order valence-corrected chi connectivity index (χ4v) is 2.29. The monoisotopic (exact) mass is 263 g/mol. The van der Waals surface area contributed by atoms with Crippen molar-refractivity contribution in [2.75, 3.05) is 13.7 Å². The maximum Gasteiger partial charge on any atom is 0.118 e. The Morgan fingerprint density at radius 3 is 2.32 bits per heavy atom. The highest BCUT2D eigenvalue weighted by molar-refractivity contribution is 5.29. The molecule has 0 aliphatic rings. The van der Waals surface area contributed by atoms with Crippen LogP contribution in [0.4, 0.5) is 0 Å². The highest BCUT2D eigenvalue weighted by Crippen LogP contribution is 2.20. The molecule has 0 bridgehead atoms. The second kappa shape index (κ2) is 8.98. The average molecular weight is 263 g/mol. The Kier molecular flexibility index (Phi) is 7.57. The summed E-state index contributed by atoms with van der Waals surface area (Å²) in [4.78, 5) is 0. The van der Waals surface area contributed by atoms with Crippen LogP contribution in [0.25, 0.3) is 0 Å². The summed E-state index contributed by atoms with van der Waals surface area (Å²) >= 11 is 0. The highest BCUT2D eigenvalue weighted by atomic mass is 16.5. The smallest absolute Gasteiger partial charge is 0.118 e. The number of hydrogen-bond acceptors (Lipinski definition) is 2. The summed E-state index contributed by atoms with van der Waals surface area (Å²) in [5, 5.41) is 3.66. The highest BCUT2D eigenvalue weighted by Gasteiger charge is 2.08. The lowest BCUT2D eigenvalue weighted by atomic mass is 10.0. The van der Waals surface area contributed by atoms with Crippen molar-refractivity contribution in [1.82, 2.24) is 5.32 Å². The Hall–Kier alpha value is -1.02. The van der Waals surface area contributed by atoms with Gasteiger partial charge in [0.15, 0.2) is 0 Å². The van der Waals surface area contributed by atoms with Crippen molar-refractivity contribution in [3.63, 3.8) is 0 Å². The van der Waals surface area contributed by atoms with Gasteiger partial charge in [-0.25, -0.2) is 0 Å². The Bertz CT molecular complexity index is 332. The van der Waals surface area contributed by atoms with Gasteiger partial charge in [0.2, 0.25) is 0 Å². The van der Waals surface area contributed by atoms with Gasteiger partial charge in [-0.1, -0.05) is 45.7 Å². The first kappa shape index (κ1) is 16.0. The minimum atomic E-state index is 0.463. The standard InChI is InChI=1S/C17H29NO/c1-5-17(18-13-7-6-8-14(2)3)15-9-11-16(19-4)12-10-15/h9-12,14,17-18H,5-8,13H2,1-4H3. The molecule has 2 nitrogen and oxygen atoms in total. The van der Waals surface area contributed by atoms with E-state index in [0.717, 1.165) is 24.6 Å². The summed E-state index contributed by atoms with van der Waals surface area (Å²) in [5.41, 5.74) is 1.35. The number of ether oxygens (including phenoxy) is 1. The van der Waals surface area contributed by atoms with Gasteiger partial charge >= 0.3 is 0 Å². The molecule has 1 aromatic rings. The predicted molar refractivity (Wildman–Crippen MR) is 82.7 cm³/mol. The third-order valence-corrected chi connectivity index (χ3v) is 3.53. The first-order chi connectivity index (χ1) is 9.17. The Balaban J connectivity index is 2.35. The fraction of sp³-hybridized carbons (Fsp3) is 0.647. The van der Waals surface area contributed by atoms with Crippen molar-refractivity contribution < 1.29 is 4.74 Å². The molecule has 0 amide bonds. The molecule has 0 spiro atoms. The van der Waals surface area contributed by atoms with Crippen LogP contribution in [0.3, 0.4) is 0 Å². The quantitative estimate of drug-likeness (QED) is 0.659. The van der Waals surface area contributed by atoms with Gasteiger partial charge in [-0.15, -0.1) is 0 Å². The summed E-state index contributed by atoms with van der Waals surface area (Å²) in [6.45, 7) is 7.92. The van der Waals surface area contributed by atoms with E-state index >= 15 is 0 Å². The molecule has 19 heavy (non-hydrogen) atoms. The van der Waals surface area contributed by atoms with Crippen LogP contribution in [0.2, 0.25) is 0 Å². The van der Waals surface area contributed by atoms with Crippen LogP contribution in [-0.4, -0.2) is 13.7 Å². The van der Waals surface area contributed by atoms with Crippen LogP contribution in [0.1, 0.15) is 58.1 Å². The van der Waals surface area contributed by atoms with Crippen LogP contribution < -0.4 is 10.1 Å². The summed E-state index contributed by atoms with van der Waals surface area (Å²) in [5.74, 6) is 1.75. The van der Waals surface area contributed by atoms with Gasteiger partial charge in [0.25, 0.3) is 0 Å². The molecule has 1 rings (SSSR count). The third kappa shape index (κ3) is 6.11. The molecule has 0 saturated heterocycles. The molecule has 2 heteroatoms. The van der Waals surface area contributed by atoms with E-state index in [1.165, 1.54) is 24.8 Å². The zero-order chi connectivity index (χ0) is 14.1. The zero-order valence-electron chi connectivity index (χ0n) is 12.9. The first-order valence-electron chi connectivity index (χ1n) is 7.54.